The van der Waals surface area contributed by atoms with Gasteiger partial charge in [0.1, 0.15) is 18.4 Å². The van der Waals surface area contributed by atoms with Crippen molar-refractivity contribution < 1.29 is 32.4 Å². The van der Waals surface area contributed by atoms with Gasteiger partial charge in [-0.05, 0) is 48.1 Å². The van der Waals surface area contributed by atoms with Crippen molar-refractivity contribution in [3.05, 3.63) is 48.0 Å². The third kappa shape index (κ3) is 8.34. The summed E-state index contributed by atoms with van der Waals surface area (Å²) >= 11 is 0. The topological polar surface area (TPSA) is 159 Å². The van der Waals surface area contributed by atoms with E-state index in [4.69, 9.17) is 0 Å². The molecule has 1 heterocycles. The molecule has 1 aliphatic heterocycles. The second kappa shape index (κ2) is 12.8. The van der Waals surface area contributed by atoms with Crippen molar-refractivity contribution in [3.63, 3.8) is 0 Å². The Morgan fingerprint density at radius 3 is 2.38 bits per heavy atom. The van der Waals surface area contributed by atoms with Crippen LogP contribution in [0.1, 0.15) is 49.9 Å². The lowest BCUT2D eigenvalue weighted by molar-refractivity contribution is -0.140. The first-order valence-electron chi connectivity index (χ1n) is 12.7. The average molecular weight is 559 g/mol. The smallest absolute Gasteiger partial charge is 0.251 e. The van der Waals surface area contributed by atoms with E-state index in [0.29, 0.717) is 31.1 Å². The second-order valence-corrected chi connectivity index (χ2v) is 11.9. The number of nitrogens with zero attached hydrogens (tertiary/aromatic N) is 1. The molecule has 1 fully saturated rings. The van der Waals surface area contributed by atoms with Crippen molar-refractivity contribution in [1.29, 1.82) is 0 Å². The number of amides is 4. The fourth-order valence-electron chi connectivity index (χ4n) is 4.63. The van der Waals surface area contributed by atoms with Gasteiger partial charge in [-0.3, -0.25) is 23.9 Å². The molecule has 1 aliphatic rings. The van der Waals surface area contributed by atoms with Crippen LogP contribution in [-0.2, 0) is 29.2 Å². The van der Waals surface area contributed by atoms with Crippen LogP contribution < -0.4 is 15.4 Å². The highest BCUT2D eigenvalue weighted by Crippen LogP contribution is 2.22. The van der Waals surface area contributed by atoms with Crippen LogP contribution in [-0.4, -0.2) is 74.2 Å². The number of sulfonamides is 1. The molecule has 0 unspecified atom stereocenters. The van der Waals surface area contributed by atoms with E-state index in [1.807, 2.05) is 44.2 Å². The lowest BCUT2D eigenvalue weighted by Gasteiger charge is -2.30. The van der Waals surface area contributed by atoms with Crippen molar-refractivity contribution in [2.24, 2.45) is 5.92 Å². The van der Waals surface area contributed by atoms with Crippen LogP contribution in [0, 0.1) is 5.92 Å². The number of fused-ring (bicyclic) bond motifs is 1. The molecule has 0 spiro atoms. The Kier molecular flexibility index (Phi) is 9.79. The molecule has 0 aromatic heterocycles. The molecular weight excluding hydrogens is 524 g/mol. The molecule has 12 heteroatoms. The molecule has 0 aliphatic carbocycles. The van der Waals surface area contributed by atoms with Gasteiger partial charge < -0.3 is 20.3 Å². The minimum Gasteiger partial charge on any atom is -0.344 e. The first-order chi connectivity index (χ1) is 18.4. The van der Waals surface area contributed by atoms with Gasteiger partial charge in [-0.2, -0.15) is 0 Å². The minimum absolute atomic E-state index is 0.0681. The maximum absolute atomic E-state index is 13.6. The van der Waals surface area contributed by atoms with Crippen molar-refractivity contribution in [3.8, 4) is 0 Å². The Bertz CT molecular complexity index is 1360. The van der Waals surface area contributed by atoms with Crippen molar-refractivity contribution in [1.82, 2.24) is 20.3 Å². The summed E-state index contributed by atoms with van der Waals surface area (Å²) in [4.78, 5) is 64.5. The van der Waals surface area contributed by atoms with E-state index in [2.05, 4.69) is 10.6 Å². The molecule has 2 aromatic rings. The average Bonchev–Trinajstić information content (AvgIpc) is 3.36. The van der Waals surface area contributed by atoms with Crippen molar-refractivity contribution >= 4 is 50.7 Å². The minimum atomic E-state index is -3.82. The molecule has 39 heavy (non-hydrogen) atoms. The number of nitrogens with one attached hydrogen (secondary N) is 3. The first kappa shape index (κ1) is 29.8. The number of carbonyl (C=O) groups is 5. The first-order valence-corrected chi connectivity index (χ1v) is 14.6. The predicted octanol–water partition coefficient (Wildman–Crippen LogP) is 1.12. The molecule has 210 valence electrons. The lowest BCUT2D eigenvalue weighted by Crippen LogP contribution is -2.55. The molecule has 11 nitrogen and oxygen atoms in total. The summed E-state index contributed by atoms with van der Waals surface area (Å²) in [6, 6.07) is 9.87. The highest BCUT2D eigenvalue weighted by atomic mass is 32.2. The standard InChI is InChI=1S/C27H34N4O7S/c1-17(2)13-22(29-25(34)20-11-10-18-7-4-5-8-19(18)14-20)27(36)31-12-6-9-23(31)26(35)28-21(16-32)15-24(33)30-39(3,37)38/h4-5,7-8,10-11,14,16-17,21-23H,6,9,12-13,15H2,1-3H3,(H,28,35)(H,29,34)(H,30,33)/t21-,22-,23-/m0/s1. The van der Waals surface area contributed by atoms with E-state index in [9.17, 15) is 32.4 Å². The summed E-state index contributed by atoms with van der Waals surface area (Å²) in [6.07, 6.45) is 1.80. The van der Waals surface area contributed by atoms with Gasteiger partial charge in [-0.15, -0.1) is 0 Å². The van der Waals surface area contributed by atoms with Crippen LogP contribution in [0.5, 0.6) is 0 Å². The van der Waals surface area contributed by atoms with E-state index >= 15 is 0 Å². The van der Waals surface area contributed by atoms with E-state index in [-0.39, 0.29) is 12.5 Å². The Morgan fingerprint density at radius 1 is 1.05 bits per heavy atom. The number of benzene rings is 2. The molecule has 3 N–H and O–H groups in total. The molecular formula is C27H34N4O7S. The molecule has 1 saturated heterocycles. The Morgan fingerprint density at radius 2 is 1.74 bits per heavy atom. The van der Waals surface area contributed by atoms with Gasteiger partial charge in [0.2, 0.25) is 27.7 Å². The number of aldehydes is 1. The van der Waals surface area contributed by atoms with Crippen LogP contribution in [0.2, 0.25) is 0 Å². The van der Waals surface area contributed by atoms with Gasteiger partial charge in [0, 0.05) is 12.1 Å². The highest BCUT2D eigenvalue weighted by molar-refractivity contribution is 7.89. The predicted molar refractivity (Wildman–Crippen MR) is 145 cm³/mol. The van der Waals surface area contributed by atoms with Crippen molar-refractivity contribution in [2.75, 3.05) is 12.8 Å². The summed E-state index contributed by atoms with van der Waals surface area (Å²) < 4.78 is 24.2. The monoisotopic (exact) mass is 558 g/mol. The Labute approximate surface area is 227 Å². The summed E-state index contributed by atoms with van der Waals surface area (Å²) in [5, 5.41) is 7.14. The molecule has 4 amide bonds. The lowest BCUT2D eigenvalue weighted by atomic mass is 10.0. The van der Waals surface area contributed by atoms with Gasteiger partial charge in [0.15, 0.2) is 0 Å². The van der Waals surface area contributed by atoms with Gasteiger partial charge in [-0.1, -0.05) is 44.2 Å². The Hall–Kier alpha value is -3.80. The maximum Gasteiger partial charge on any atom is 0.251 e. The molecule has 0 radical (unpaired) electrons. The number of carbonyl (C=O) groups excluding carboxylic acids is 5. The molecule has 0 bridgehead atoms. The van der Waals surface area contributed by atoms with E-state index in [1.165, 1.54) is 4.90 Å². The largest absolute Gasteiger partial charge is 0.344 e. The third-order valence-electron chi connectivity index (χ3n) is 6.36. The summed E-state index contributed by atoms with van der Waals surface area (Å²) in [6.45, 7) is 4.14. The van der Waals surface area contributed by atoms with Crippen molar-refractivity contribution in [2.45, 2.75) is 57.7 Å². The second-order valence-electron chi connectivity index (χ2n) is 10.2. The zero-order chi connectivity index (χ0) is 28.7. The summed E-state index contributed by atoms with van der Waals surface area (Å²) in [5.41, 5.74) is 0.409. The van der Waals surface area contributed by atoms with Gasteiger partial charge in [0.25, 0.3) is 5.91 Å². The Balaban J connectivity index is 1.71. The summed E-state index contributed by atoms with van der Waals surface area (Å²) in [7, 11) is -3.82. The van der Waals surface area contributed by atoms with Crippen LogP contribution in [0.3, 0.4) is 0 Å². The van der Waals surface area contributed by atoms with E-state index < -0.39 is 58.2 Å². The van der Waals surface area contributed by atoms with E-state index in [0.717, 1.165) is 17.0 Å². The SMILES string of the molecule is CC(C)C[C@H](NC(=O)c1ccc2ccccc2c1)C(=O)N1CCC[C@H]1C(=O)N[C@H](C=O)CC(=O)NS(C)(=O)=O. The molecule has 3 atom stereocenters. The maximum atomic E-state index is 13.6. The van der Waals surface area contributed by atoms with Crippen LogP contribution in [0.15, 0.2) is 42.5 Å². The quantitative estimate of drug-likeness (QED) is 0.349. The van der Waals surface area contributed by atoms with Gasteiger partial charge in [0.05, 0.1) is 18.7 Å². The number of hydrogen-bond donors (Lipinski definition) is 3. The molecule has 2 aromatic carbocycles. The van der Waals surface area contributed by atoms with Crippen LogP contribution in [0.25, 0.3) is 10.8 Å². The fraction of sp³-hybridized carbons (Fsp3) is 0.444. The highest BCUT2D eigenvalue weighted by Gasteiger charge is 2.38. The van der Waals surface area contributed by atoms with Crippen LogP contribution >= 0.6 is 0 Å². The number of likely N-dealkylation sites (tertiary alicyclic amines) is 1. The number of rotatable bonds is 11. The normalized spacial score (nSPS) is 16.9. The zero-order valence-corrected chi connectivity index (χ0v) is 23.0. The summed E-state index contributed by atoms with van der Waals surface area (Å²) in [5.74, 6) is -2.32. The van der Waals surface area contributed by atoms with Gasteiger partial charge in [-0.25, -0.2) is 8.42 Å². The van der Waals surface area contributed by atoms with Crippen LogP contribution in [0.4, 0.5) is 0 Å². The van der Waals surface area contributed by atoms with E-state index in [1.54, 1.807) is 16.9 Å². The molecule has 0 saturated carbocycles. The number of hydrogen-bond acceptors (Lipinski definition) is 7. The fourth-order valence-corrected chi connectivity index (χ4v) is 5.13. The molecule has 3 rings (SSSR count). The third-order valence-corrected chi connectivity index (χ3v) is 6.96. The zero-order valence-electron chi connectivity index (χ0n) is 22.2. The van der Waals surface area contributed by atoms with Gasteiger partial charge >= 0.3 is 0 Å².